The zero-order valence-corrected chi connectivity index (χ0v) is 10.5. The van der Waals surface area contributed by atoms with Crippen molar-refractivity contribution in [2.75, 3.05) is 5.33 Å². The van der Waals surface area contributed by atoms with Gasteiger partial charge in [0.25, 0.3) is 0 Å². The number of halogens is 2. The Bertz CT molecular complexity index is 475. The normalized spacial score (nSPS) is 10.2. The molecule has 0 amide bonds. The predicted octanol–water partition coefficient (Wildman–Crippen LogP) is 2.84. The Balaban J connectivity index is 3.56. The predicted molar refractivity (Wildman–Crippen MR) is 62.6 cm³/mol. The molecule has 5 nitrogen and oxygen atoms in total. The van der Waals surface area contributed by atoms with Gasteiger partial charge >= 0.3 is 5.69 Å². The van der Waals surface area contributed by atoms with Gasteiger partial charge in [0.05, 0.1) is 20.8 Å². The number of benzene rings is 1. The molecule has 0 saturated carbocycles. The van der Waals surface area contributed by atoms with Crippen LogP contribution in [0, 0.1) is 17.0 Å². The number of alkyl halides is 1. The van der Waals surface area contributed by atoms with Crippen molar-refractivity contribution < 1.29 is 14.8 Å². The van der Waals surface area contributed by atoms with Gasteiger partial charge in [-0.15, -0.1) is 0 Å². The number of carbonyl (C=O) groups is 1. The van der Waals surface area contributed by atoms with Crippen molar-refractivity contribution in [2.45, 2.75) is 6.92 Å². The number of Topliss-reactive ketones (excluding diaryl/α,β-unsaturated/α-hetero) is 1. The fourth-order valence-electron chi connectivity index (χ4n) is 1.23. The van der Waals surface area contributed by atoms with Crippen molar-refractivity contribution in [3.8, 4) is 5.75 Å². The van der Waals surface area contributed by atoms with Gasteiger partial charge in [-0.1, -0.05) is 27.5 Å². The second kappa shape index (κ2) is 4.80. The molecule has 7 heteroatoms. The SMILES string of the molecule is Cc1c(Cl)cc(C(=O)CBr)c(O)c1[N+](=O)[O-]. The number of rotatable bonds is 3. The first kappa shape index (κ1) is 12.9. The van der Waals surface area contributed by atoms with E-state index in [-0.39, 0.29) is 21.5 Å². The van der Waals surface area contributed by atoms with Crippen molar-refractivity contribution >= 4 is 39.0 Å². The molecule has 0 aliphatic heterocycles. The van der Waals surface area contributed by atoms with Crippen molar-refractivity contribution in [1.82, 2.24) is 0 Å². The summed E-state index contributed by atoms with van der Waals surface area (Å²) in [5.74, 6) is -1.11. The molecule has 16 heavy (non-hydrogen) atoms. The summed E-state index contributed by atoms with van der Waals surface area (Å²) in [7, 11) is 0. The molecule has 0 saturated heterocycles. The smallest absolute Gasteiger partial charge is 0.315 e. The van der Waals surface area contributed by atoms with E-state index in [9.17, 15) is 20.0 Å². The number of hydrogen-bond acceptors (Lipinski definition) is 4. The summed E-state index contributed by atoms with van der Waals surface area (Å²) >= 11 is 8.67. The van der Waals surface area contributed by atoms with Crippen molar-refractivity contribution in [2.24, 2.45) is 0 Å². The Labute approximate surface area is 104 Å². The molecular weight excluding hydrogens is 301 g/mol. The van der Waals surface area contributed by atoms with Gasteiger partial charge in [0.15, 0.2) is 5.78 Å². The molecule has 0 unspecified atom stereocenters. The van der Waals surface area contributed by atoms with E-state index < -0.39 is 22.1 Å². The summed E-state index contributed by atoms with van der Waals surface area (Å²) in [6.07, 6.45) is 0. The molecule has 1 aromatic rings. The van der Waals surface area contributed by atoms with Crippen molar-refractivity contribution in [1.29, 1.82) is 0 Å². The van der Waals surface area contributed by atoms with Crippen molar-refractivity contribution in [3.63, 3.8) is 0 Å². The standard InChI is InChI=1S/C9H7BrClNO4/c1-4-6(11)2-5(7(13)3-10)9(14)8(4)12(15)16/h2,14H,3H2,1H3. The molecule has 0 spiro atoms. The second-order valence-electron chi connectivity index (χ2n) is 3.04. The zero-order chi connectivity index (χ0) is 12.5. The van der Waals surface area contributed by atoms with Crippen LogP contribution in [0.2, 0.25) is 5.02 Å². The first-order chi connectivity index (χ1) is 7.40. The molecule has 1 aromatic carbocycles. The van der Waals surface area contributed by atoms with Gasteiger partial charge in [0.1, 0.15) is 0 Å². The van der Waals surface area contributed by atoms with Crippen LogP contribution in [-0.2, 0) is 0 Å². The molecule has 0 bridgehead atoms. The number of phenols is 1. The zero-order valence-electron chi connectivity index (χ0n) is 8.16. The molecule has 0 aliphatic rings. The van der Waals surface area contributed by atoms with E-state index >= 15 is 0 Å². The average molecular weight is 309 g/mol. The third-order valence-electron chi connectivity index (χ3n) is 2.07. The quantitative estimate of drug-likeness (QED) is 0.403. The molecule has 0 aromatic heterocycles. The highest BCUT2D eigenvalue weighted by molar-refractivity contribution is 9.09. The first-order valence-electron chi connectivity index (χ1n) is 4.15. The largest absolute Gasteiger partial charge is 0.502 e. The van der Waals surface area contributed by atoms with Crippen LogP contribution in [0.5, 0.6) is 5.75 Å². The van der Waals surface area contributed by atoms with Crippen LogP contribution in [0.4, 0.5) is 5.69 Å². The van der Waals surface area contributed by atoms with E-state index in [4.69, 9.17) is 11.6 Å². The van der Waals surface area contributed by atoms with Crippen molar-refractivity contribution in [3.05, 3.63) is 32.3 Å². The summed E-state index contributed by atoms with van der Waals surface area (Å²) in [6.45, 7) is 1.41. The van der Waals surface area contributed by atoms with Gasteiger partial charge < -0.3 is 5.11 Å². The van der Waals surface area contributed by atoms with E-state index in [0.717, 1.165) is 0 Å². The third-order valence-corrected chi connectivity index (χ3v) is 2.97. The molecular formula is C9H7BrClNO4. The highest BCUT2D eigenvalue weighted by Crippen LogP contribution is 2.37. The van der Waals surface area contributed by atoms with E-state index in [2.05, 4.69) is 15.9 Å². The minimum Gasteiger partial charge on any atom is -0.502 e. The number of nitro benzene ring substituents is 1. The number of carbonyl (C=O) groups excluding carboxylic acids is 1. The number of hydrogen-bond donors (Lipinski definition) is 1. The highest BCUT2D eigenvalue weighted by atomic mass is 79.9. The lowest BCUT2D eigenvalue weighted by molar-refractivity contribution is -0.386. The fourth-order valence-corrected chi connectivity index (χ4v) is 1.73. The van der Waals surface area contributed by atoms with Gasteiger partial charge in [0.2, 0.25) is 5.75 Å². The molecule has 0 atom stereocenters. The monoisotopic (exact) mass is 307 g/mol. The van der Waals surface area contributed by atoms with Gasteiger partial charge in [0, 0.05) is 5.56 Å². The molecule has 86 valence electrons. The number of ketones is 1. The summed E-state index contributed by atoms with van der Waals surface area (Å²) in [6, 6.07) is 1.23. The Morgan fingerprint density at radius 2 is 2.25 bits per heavy atom. The fraction of sp³-hybridized carbons (Fsp3) is 0.222. The number of phenolic OH excluding ortho intramolecular Hbond substituents is 1. The third kappa shape index (κ3) is 2.17. The van der Waals surface area contributed by atoms with Crippen LogP contribution in [0.3, 0.4) is 0 Å². The summed E-state index contributed by atoms with van der Waals surface area (Å²) in [4.78, 5) is 21.3. The minimum absolute atomic E-state index is 0.0445. The van der Waals surface area contributed by atoms with Gasteiger partial charge in [-0.2, -0.15) is 0 Å². The van der Waals surface area contributed by atoms with Crippen LogP contribution in [0.25, 0.3) is 0 Å². The highest BCUT2D eigenvalue weighted by Gasteiger charge is 2.26. The average Bonchev–Trinajstić information content (AvgIpc) is 2.22. The van der Waals surface area contributed by atoms with E-state index in [1.54, 1.807) is 0 Å². The maximum Gasteiger partial charge on any atom is 0.315 e. The molecule has 1 rings (SSSR count). The number of nitrogens with zero attached hydrogens (tertiary/aromatic N) is 1. The van der Waals surface area contributed by atoms with E-state index in [0.29, 0.717) is 0 Å². The van der Waals surface area contributed by atoms with Crippen LogP contribution in [-0.4, -0.2) is 21.1 Å². The first-order valence-corrected chi connectivity index (χ1v) is 5.65. The van der Waals surface area contributed by atoms with E-state index in [1.165, 1.54) is 13.0 Å². The van der Waals surface area contributed by atoms with Crippen LogP contribution in [0.1, 0.15) is 15.9 Å². The molecule has 0 fully saturated rings. The Morgan fingerprint density at radius 3 is 2.69 bits per heavy atom. The Kier molecular flexibility index (Phi) is 3.88. The van der Waals surface area contributed by atoms with Gasteiger partial charge in [-0.25, -0.2) is 0 Å². The topological polar surface area (TPSA) is 80.4 Å². The Morgan fingerprint density at radius 1 is 1.69 bits per heavy atom. The van der Waals surface area contributed by atoms with Gasteiger partial charge in [-0.3, -0.25) is 14.9 Å². The van der Waals surface area contributed by atoms with Crippen LogP contribution < -0.4 is 0 Å². The Hall–Kier alpha value is -1.14. The lowest BCUT2D eigenvalue weighted by Crippen LogP contribution is -2.04. The summed E-state index contributed by atoms with van der Waals surface area (Å²) in [5, 5.41) is 20.4. The number of nitro groups is 1. The number of aromatic hydroxyl groups is 1. The minimum atomic E-state index is -0.762. The molecule has 0 aliphatic carbocycles. The molecule has 0 radical (unpaired) electrons. The van der Waals surface area contributed by atoms with Gasteiger partial charge in [-0.05, 0) is 13.0 Å². The molecule has 0 heterocycles. The maximum atomic E-state index is 11.4. The maximum absolute atomic E-state index is 11.4. The summed E-state index contributed by atoms with van der Waals surface area (Å²) < 4.78 is 0. The van der Waals surface area contributed by atoms with Crippen LogP contribution >= 0.6 is 27.5 Å². The summed E-state index contributed by atoms with van der Waals surface area (Å²) in [5.41, 5.74) is -0.550. The second-order valence-corrected chi connectivity index (χ2v) is 4.01. The lowest BCUT2D eigenvalue weighted by atomic mass is 10.1. The lowest BCUT2D eigenvalue weighted by Gasteiger charge is -2.06. The van der Waals surface area contributed by atoms with E-state index in [1.807, 2.05) is 0 Å². The molecule has 1 N–H and O–H groups in total. The van der Waals surface area contributed by atoms with Crippen LogP contribution in [0.15, 0.2) is 6.07 Å².